The van der Waals surface area contributed by atoms with E-state index in [4.69, 9.17) is 4.74 Å². The van der Waals surface area contributed by atoms with Gasteiger partial charge in [0, 0.05) is 18.3 Å². The van der Waals surface area contributed by atoms with E-state index in [1.54, 1.807) is 0 Å². The molecule has 0 aliphatic heterocycles. The SMILES string of the molecule is CCCNCc1cccnc1OC1CCCCCC1. The molecule has 2 rings (SSSR count). The van der Waals surface area contributed by atoms with E-state index in [0.29, 0.717) is 6.10 Å². The van der Waals surface area contributed by atoms with Gasteiger partial charge in [0.05, 0.1) is 0 Å². The molecule has 1 aromatic rings. The Morgan fingerprint density at radius 3 is 2.79 bits per heavy atom. The third-order valence-electron chi connectivity index (χ3n) is 3.67. The molecule has 1 fully saturated rings. The Morgan fingerprint density at radius 2 is 2.05 bits per heavy atom. The molecule has 0 bridgehead atoms. The summed E-state index contributed by atoms with van der Waals surface area (Å²) < 4.78 is 6.15. The van der Waals surface area contributed by atoms with Crippen LogP contribution in [-0.4, -0.2) is 17.6 Å². The maximum Gasteiger partial charge on any atom is 0.218 e. The van der Waals surface area contributed by atoms with Gasteiger partial charge in [-0.2, -0.15) is 0 Å². The van der Waals surface area contributed by atoms with Crippen molar-refractivity contribution < 1.29 is 4.74 Å². The fourth-order valence-electron chi connectivity index (χ4n) is 2.58. The lowest BCUT2D eigenvalue weighted by Crippen LogP contribution is -2.19. The summed E-state index contributed by atoms with van der Waals surface area (Å²) in [5.74, 6) is 0.831. The van der Waals surface area contributed by atoms with Crippen molar-refractivity contribution >= 4 is 0 Å². The average Bonchev–Trinajstić information content (AvgIpc) is 2.70. The van der Waals surface area contributed by atoms with Crippen molar-refractivity contribution in [3.8, 4) is 5.88 Å². The van der Waals surface area contributed by atoms with Crippen molar-refractivity contribution in [2.45, 2.75) is 64.5 Å². The third-order valence-corrected chi connectivity index (χ3v) is 3.67. The summed E-state index contributed by atoms with van der Waals surface area (Å²) >= 11 is 0. The monoisotopic (exact) mass is 262 g/mol. The molecule has 3 nitrogen and oxygen atoms in total. The standard InChI is InChI=1S/C16H26N2O/c1-2-11-17-13-14-8-7-12-18-16(14)19-15-9-5-3-4-6-10-15/h7-8,12,15,17H,2-6,9-11,13H2,1H3. The molecule has 3 heteroatoms. The molecule has 0 amide bonds. The minimum absolute atomic E-state index is 0.363. The molecule has 0 aromatic carbocycles. The van der Waals surface area contributed by atoms with Crippen molar-refractivity contribution in [1.29, 1.82) is 0 Å². The number of nitrogens with zero attached hydrogens (tertiary/aromatic N) is 1. The molecule has 1 aromatic heterocycles. The zero-order valence-electron chi connectivity index (χ0n) is 12.0. The molecular formula is C16H26N2O. The van der Waals surface area contributed by atoms with Gasteiger partial charge in [-0.15, -0.1) is 0 Å². The maximum atomic E-state index is 6.15. The lowest BCUT2D eigenvalue weighted by Gasteiger charge is -2.18. The Labute approximate surface area is 116 Å². The van der Waals surface area contributed by atoms with Crippen LogP contribution in [0, 0.1) is 0 Å². The first kappa shape index (κ1) is 14.3. The molecule has 1 heterocycles. The van der Waals surface area contributed by atoms with Gasteiger partial charge in [-0.3, -0.25) is 0 Å². The van der Waals surface area contributed by atoms with Crippen LogP contribution in [0.5, 0.6) is 5.88 Å². The number of rotatable bonds is 6. The van der Waals surface area contributed by atoms with Crippen LogP contribution in [0.25, 0.3) is 0 Å². The molecule has 106 valence electrons. The Bertz CT molecular complexity index is 360. The highest BCUT2D eigenvalue weighted by Gasteiger charge is 2.15. The molecule has 0 spiro atoms. The second-order valence-corrected chi connectivity index (χ2v) is 5.38. The summed E-state index contributed by atoms with van der Waals surface area (Å²) in [6, 6.07) is 4.10. The maximum absolute atomic E-state index is 6.15. The van der Waals surface area contributed by atoms with Gasteiger partial charge in [-0.05, 0) is 44.7 Å². The third kappa shape index (κ3) is 4.83. The topological polar surface area (TPSA) is 34.2 Å². The molecular weight excluding hydrogens is 236 g/mol. The van der Waals surface area contributed by atoms with Gasteiger partial charge < -0.3 is 10.1 Å². The molecule has 0 atom stereocenters. The van der Waals surface area contributed by atoms with Crippen molar-refractivity contribution in [2.75, 3.05) is 6.54 Å². The Morgan fingerprint density at radius 1 is 1.26 bits per heavy atom. The van der Waals surface area contributed by atoms with Crippen molar-refractivity contribution in [1.82, 2.24) is 10.3 Å². The van der Waals surface area contributed by atoms with Gasteiger partial charge in [0.2, 0.25) is 5.88 Å². The summed E-state index contributed by atoms with van der Waals surface area (Å²) in [7, 11) is 0. The van der Waals surface area contributed by atoms with Crippen LogP contribution in [0.1, 0.15) is 57.4 Å². The van der Waals surface area contributed by atoms with E-state index in [1.807, 2.05) is 12.3 Å². The van der Waals surface area contributed by atoms with E-state index >= 15 is 0 Å². The molecule has 1 aliphatic carbocycles. The molecule has 0 radical (unpaired) electrons. The van der Waals surface area contributed by atoms with Crippen LogP contribution in [0.3, 0.4) is 0 Å². The first-order chi connectivity index (χ1) is 9.40. The van der Waals surface area contributed by atoms with Crippen molar-refractivity contribution in [2.24, 2.45) is 0 Å². The van der Waals surface area contributed by atoms with Crippen LogP contribution in [0.4, 0.5) is 0 Å². The lowest BCUT2D eigenvalue weighted by atomic mass is 10.1. The zero-order valence-corrected chi connectivity index (χ0v) is 12.0. The number of pyridine rings is 1. The molecule has 19 heavy (non-hydrogen) atoms. The number of nitrogens with one attached hydrogen (secondary N) is 1. The van der Waals surface area contributed by atoms with Gasteiger partial charge in [0.15, 0.2) is 0 Å². The number of hydrogen-bond donors (Lipinski definition) is 1. The van der Waals surface area contributed by atoms with Crippen LogP contribution >= 0.6 is 0 Å². The predicted octanol–water partition coefficient (Wildman–Crippen LogP) is 3.68. The Balaban J connectivity index is 1.93. The van der Waals surface area contributed by atoms with Gasteiger partial charge in [-0.1, -0.05) is 25.8 Å². The highest BCUT2D eigenvalue weighted by Crippen LogP contribution is 2.23. The van der Waals surface area contributed by atoms with E-state index in [1.165, 1.54) is 44.1 Å². The van der Waals surface area contributed by atoms with Gasteiger partial charge in [-0.25, -0.2) is 4.98 Å². The molecule has 1 N–H and O–H groups in total. The minimum Gasteiger partial charge on any atom is -0.474 e. The largest absolute Gasteiger partial charge is 0.474 e. The molecule has 1 saturated carbocycles. The number of aromatic nitrogens is 1. The smallest absolute Gasteiger partial charge is 0.218 e. The summed E-state index contributed by atoms with van der Waals surface area (Å²) in [5.41, 5.74) is 1.18. The van der Waals surface area contributed by atoms with E-state index in [-0.39, 0.29) is 0 Å². The Kier molecular flexibility index (Phi) is 6.15. The van der Waals surface area contributed by atoms with Gasteiger partial charge >= 0.3 is 0 Å². The molecule has 1 aliphatic rings. The summed E-state index contributed by atoms with van der Waals surface area (Å²) in [6.45, 7) is 4.07. The Hall–Kier alpha value is -1.09. The average molecular weight is 262 g/mol. The van der Waals surface area contributed by atoms with E-state index in [9.17, 15) is 0 Å². The van der Waals surface area contributed by atoms with Crippen LogP contribution < -0.4 is 10.1 Å². The first-order valence-corrected chi connectivity index (χ1v) is 7.71. The molecule has 0 saturated heterocycles. The summed E-state index contributed by atoms with van der Waals surface area (Å²) in [4.78, 5) is 4.42. The van der Waals surface area contributed by atoms with E-state index < -0.39 is 0 Å². The number of hydrogen-bond acceptors (Lipinski definition) is 3. The van der Waals surface area contributed by atoms with E-state index in [0.717, 1.165) is 25.4 Å². The fourth-order valence-corrected chi connectivity index (χ4v) is 2.58. The quantitative estimate of drug-likeness (QED) is 0.627. The van der Waals surface area contributed by atoms with Crippen LogP contribution in [0.2, 0.25) is 0 Å². The second-order valence-electron chi connectivity index (χ2n) is 5.38. The first-order valence-electron chi connectivity index (χ1n) is 7.71. The van der Waals surface area contributed by atoms with E-state index in [2.05, 4.69) is 23.3 Å². The highest BCUT2D eigenvalue weighted by atomic mass is 16.5. The minimum atomic E-state index is 0.363. The zero-order chi connectivity index (χ0) is 13.3. The van der Waals surface area contributed by atoms with Gasteiger partial charge in [0.25, 0.3) is 0 Å². The highest BCUT2D eigenvalue weighted by molar-refractivity contribution is 5.25. The van der Waals surface area contributed by atoms with Crippen LogP contribution in [-0.2, 0) is 6.54 Å². The number of ether oxygens (including phenoxy) is 1. The molecule has 0 unspecified atom stereocenters. The normalized spacial score (nSPS) is 17.1. The van der Waals surface area contributed by atoms with Crippen molar-refractivity contribution in [3.05, 3.63) is 23.9 Å². The summed E-state index contributed by atoms with van der Waals surface area (Å²) in [6.07, 6.45) is 11.0. The lowest BCUT2D eigenvalue weighted by molar-refractivity contribution is 0.174. The van der Waals surface area contributed by atoms with Crippen molar-refractivity contribution in [3.63, 3.8) is 0 Å². The summed E-state index contributed by atoms with van der Waals surface area (Å²) in [5, 5.41) is 3.42. The van der Waals surface area contributed by atoms with Gasteiger partial charge in [0.1, 0.15) is 6.10 Å². The fraction of sp³-hybridized carbons (Fsp3) is 0.688. The second kappa shape index (κ2) is 8.16. The van der Waals surface area contributed by atoms with Crippen LogP contribution in [0.15, 0.2) is 18.3 Å². The predicted molar refractivity (Wildman–Crippen MR) is 78.4 cm³/mol.